The summed E-state index contributed by atoms with van der Waals surface area (Å²) in [6.07, 6.45) is -1.21. The van der Waals surface area contributed by atoms with Crippen LogP contribution in [0.1, 0.15) is 5.56 Å². The third-order valence-corrected chi connectivity index (χ3v) is 4.33. The number of hydrogen-bond acceptors (Lipinski definition) is 4. The standard InChI is InChI=1S/C8H10ClO6PS/c1-6-3-2-4-7(9)8(6)17(13,14)15-5-16(10,11)12/h2-4H,5H2,1H3,(H2,10,11,12). The van der Waals surface area contributed by atoms with Gasteiger partial charge in [0, 0.05) is 0 Å². The van der Waals surface area contributed by atoms with Crippen LogP contribution in [-0.4, -0.2) is 24.6 Å². The molecule has 0 aliphatic rings. The SMILES string of the molecule is Cc1cccc(Cl)c1S(=O)(=O)OCP(=O)(O)O. The minimum atomic E-state index is -4.56. The van der Waals surface area contributed by atoms with Gasteiger partial charge >= 0.3 is 7.60 Å². The van der Waals surface area contributed by atoms with Crippen molar-refractivity contribution in [2.75, 3.05) is 6.35 Å². The molecule has 1 aromatic carbocycles. The van der Waals surface area contributed by atoms with Crippen LogP contribution in [0.25, 0.3) is 0 Å². The van der Waals surface area contributed by atoms with Gasteiger partial charge in [-0.25, -0.2) is 0 Å². The summed E-state index contributed by atoms with van der Waals surface area (Å²) in [7, 11) is -8.84. The Bertz CT molecular complexity index is 543. The highest BCUT2D eigenvalue weighted by Gasteiger charge is 2.25. The Kier molecular flexibility index (Phi) is 4.35. The van der Waals surface area contributed by atoms with Crippen LogP contribution in [0.2, 0.25) is 5.02 Å². The second-order valence-corrected chi connectivity index (χ2v) is 6.80. The molecule has 17 heavy (non-hydrogen) atoms. The van der Waals surface area contributed by atoms with Crippen LogP contribution >= 0.6 is 19.2 Å². The molecule has 0 fully saturated rings. The highest BCUT2D eigenvalue weighted by Crippen LogP contribution is 2.36. The van der Waals surface area contributed by atoms with Gasteiger partial charge in [-0.3, -0.25) is 8.75 Å². The normalized spacial score (nSPS) is 12.7. The molecule has 2 N–H and O–H groups in total. The topological polar surface area (TPSA) is 101 Å². The summed E-state index contributed by atoms with van der Waals surface area (Å²) in [5.41, 5.74) is 0.336. The monoisotopic (exact) mass is 300 g/mol. The van der Waals surface area contributed by atoms with Crippen LogP contribution in [0.5, 0.6) is 0 Å². The van der Waals surface area contributed by atoms with Crippen LogP contribution in [0.3, 0.4) is 0 Å². The number of hydrogen-bond donors (Lipinski definition) is 2. The molecular formula is C8H10ClO6PS. The average molecular weight is 301 g/mol. The van der Waals surface area contributed by atoms with Crippen LogP contribution in [-0.2, 0) is 18.9 Å². The van der Waals surface area contributed by atoms with E-state index in [9.17, 15) is 13.0 Å². The molecule has 1 rings (SSSR count). The van der Waals surface area contributed by atoms with Gasteiger partial charge in [-0.1, -0.05) is 23.7 Å². The number of benzene rings is 1. The number of rotatable bonds is 4. The van der Waals surface area contributed by atoms with Crippen LogP contribution in [0.4, 0.5) is 0 Å². The zero-order valence-electron chi connectivity index (χ0n) is 8.70. The fourth-order valence-electron chi connectivity index (χ4n) is 1.13. The van der Waals surface area contributed by atoms with Crippen LogP contribution < -0.4 is 0 Å². The summed E-state index contributed by atoms with van der Waals surface area (Å²) in [6, 6.07) is 4.40. The summed E-state index contributed by atoms with van der Waals surface area (Å²) in [5.74, 6) is 0. The quantitative estimate of drug-likeness (QED) is 0.645. The van der Waals surface area contributed by atoms with E-state index < -0.39 is 24.1 Å². The van der Waals surface area contributed by atoms with Crippen molar-refractivity contribution in [1.82, 2.24) is 0 Å². The van der Waals surface area contributed by atoms with Gasteiger partial charge in [0.25, 0.3) is 10.1 Å². The Hall–Kier alpha value is -0.430. The van der Waals surface area contributed by atoms with Gasteiger partial charge in [0.1, 0.15) is 4.90 Å². The molecule has 96 valence electrons. The smallest absolute Gasteiger partial charge is 0.323 e. The van der Waals surface area contributed by atoms with Crippen molar-refractivity contribution in [3.8, 4) is 0 Å². The lowest BCUT2D eigenvalue weighted by Crippen LogP contribution is -2.10. The van der Waals surface area contributed by atoms with Gasteiger partial charge in [0.05, 0.1) is 5.02 Å². The molecule has 0 spiro atoms. The lowest BCUT2D eigenvalue weighted by atomic mass is 10.2. The van der Waals surface area contributed by atoms with E-state index in [0.717, 1.165) is 0 Å². The van der Waals surface area contributed by atoms with Gasteiger partial charge in [-0.15, -0.1) is 0 Å². The highest BCUT2D eigenvalue weighted by molar-refractivity contribution is 7.87. The Balaban J connectivity index is 3.11. The Morgan fingerprint density at radius 3 is 2.47 bits per heavy atom. The zero-order valence-corrected chi connectivity index (χ0v) is 11.2. The average Bonchev–Trinajstić information content (AvgIpc) is 2.13. The van der Waals surface area contributed by atoms with Crippen molar-refractivity contribution in [2.24, 2.45) is 0 Å². The van der Waals surface area contributed by atoms with Gasteiger partial charge in [-0.05, 0) is 18.6 Å². The lowest BCUT2D eigenvalue weighted by Gasteiger charge is -2.10. The molecule has 0 saturated carbocycles. The predicted octanol–water partition coefficient (Wildman–Crippen LogP) is 1.49. The van der Waals surface area contributed by atoms with Gasteiger partial charge < -0.3 is 9.79 Å². The molecule has 0 saturated heterocycles. The summed E-state index contributed by atoms with van der Waals surface area (Å²) >= 11 is 5.71. The van der Waals surface area contributed by atoms with E-state index in [-0.39, 0.29) is 9.92 Å². The van der Waals surface area contributed by atoms with E-state index in [2.05, 4.69) is 4.18 Å². The zero-order chi connectivity index (χ0) is 13.3. The first kappa shape index (κ1) is 14.6. The minimum absolute atomic E-state index is 0.0595. The molecule has 0 aromatic heterocycles. The van der Waals surface area contributed by atoms with E-state index in [1.165, 1.54) is 19.1 Å². The van der Waals surface area contributed by atoms with Crippen LogP contribution in [0, 0.1) is 6.92 Å². The lowest BCUT2D eigenvalue weighted by molar-refractivity contribution is 0.301. The van der Waals surface area contributed by atoms with Gasteiger partial charge in [-0.2, -0.15) is 8.42 Å². The summed E-state index contributed by atoms with van der Waals surface area (Å²) in [4.78, 5) is 16.8. The van der Waals surface area contributed by atoms with E-state index in [1.54, 1.807) is 6.07 Å². The molecular weight excluding hydrogens is 291 g/mol. The maximum atomic E-state index is 11.7. The first-order chi connectivity index (χ1) is 7.63. The Labute approximate surface area is 103 Å². The summed E-state index contributed by atoms with van der Waals surface area (Å²) < 4.78 is 38.2. The maximum absolute atomic E-state index is 11.7. The van der Waals surface area contributed by atoms with Gasteiger partial charge in [0.2, 0.25) is 0 Å². The van der Waals surface area contributed by atoms with Crippen LogP contribution in [0.15, 0.2) is 23.1 Å². The molecule has 0 aliphatic heterocycles. The van der Waals surface area contributed by atoms with Gasteiger partial charge in [0.15, 0.2) is 6.35 Å². The van der Waals surface area contributed by atoms with E-state index in [4.69, 9.17) is 21.4 Å². The fraction of sp³-hybridized carbons (Fsp3) is 0.250. The molecule has 0 heterocycles. The molecule has 0 atom stereocenters. The highest BCUT2D eigenvalue weighted by atomic mass is 35.5. The Morgan fingerprint density at radius 1 is 1.41 bits per heavy atom. The third kappa shape index (κ3) is 4.06. The van der Waals surface area contributed by atoms with E-state index >= 15 is 0 Å². The molecule has 0 unspecified atom stereocenters. The third-order valence-electron chi connectivity index (χ3n) is 1.79. The molecule has 0 aliphatic carbocycles. The molecule has 0 bridgehead atoms. The first-order valence-electron chi connectivity index (χ1n) is 4.32. The largest absolute Gasteiger partial charge is 0.352 e. The summed E-state index contributed by atoms with van der Waals surface area (Å²) in [6.45, 7) is 1.50. The van der Waals surface area contributed by atoms with Crippen molar-refractivity contribution >= 4 is 29.3 Å². The van der Waals surface area contributed by atoms with E-state index in [0.29, 0.717) is 5.56 Å². The van der Waals surface area contributed by atoms with E-state index in [1.807, 2.05) is 0 Å². The van der Waals surface area contributed by atoms with Crippen molar-refractivity contribution in [2.45, 2.75) is 11.8 Å². The Morgan fingerprint density at radius 2 is 2.00 bits per heavy atom. The number of halogens is 1. The predicted molar refractivity (Wildman–Crippen MR) is 61.4 cm³/mol. The fourth-order valence-corrected chi connectivity index (χ4v) is 3.63. The molecule has 0 radical (unpaired) electrons. The molecule has 0 amide bonds. The van der Waals surface area contributed by atoms with Crippen molar-refractivity contribution in [3.05, 3.63) is 28.8 Å². The summed E-state index contributed by atoms with van der Waals surface area (Å²) in [5, 5.41) is -0.0595. The molecule has 9 heteroatoms. The second kappa shape index (κ2) is 5.06. The van der Waals surface area contributed by atoms with Crippen molar-refractivity contribution < 1.29 is 27.0 Å². The maximum Gasteiger partial charge on any atom is 0.352 e. The molecule has 6 nitrogen and oxygen atoms in total. The van der Waals surface area contributed by atoms with Crippen molar-refractivity contribution in [1.29, 1.82) is 0 Å². The first-order valence-corrected chi connectivity index (χ1v) is 7.91. The van der Waals surface area contributed by atoms with Crippen molar-refractivity contribution in [3.63, 3.8) is 0 Å². The second-order valence-electron chi connectivity index (χ2n) is 3.25. The number of aryl methyl sites for hydroxylation is 1. The molecule has 1 aromatic rings. The minimum Gasteiger partial charge on any atom is -0.323 e.